The van der Waals surface area contributed by atoms with Gasteiger partial charge in [0.15, 0.2) is 5.78 Å². The van der Waals surface area contributed by atoms with Gasteiger partial charge < -0.3 is 4.74 Å². The fourth-order valence-electron chi connectivity index (χ4n) is 1.93. The SMILES string of the molecule is CCc1nn(CCOC)c(CC)c1C(C)=O. The van der Waals surface area contributed by atoms with Crippen LogP contribution in [0.4, 0.5) is 0 Å². The summed E-state index contributed by atoms with van der Waals surface area (Å²) in [5.74, 6) is 0.109. The molecule has 0 aliphatic carbocycles. The Hall–Kier alpha value is -1.16. The fourth-order valence-corrected chi connectivity index (χ4v) is 1.93. The molecule has 1 heterocycles. The summed E-state index contributed by atoms with van der Waals surface area (Å²) in [6, 6.07) is 0. The second kappa shape index (κ2) is 5.80. The van der Waals surface area contributed by atoms with Crippen molar-refractivity contribution < 1.29 is 9.53 Å². The van der Waals surface area contributed by atoms with E-state index in [1.54, 1.807) is 14.0 Å². The lowest BCUT2D eigenvalue weighted by molar-refractivity contribution is 0.101. The molecule has 1 aromatic rings. The van der Waals surface area contributed by atoms with Crippen LogP contribution in [0.5, 0.6) is 0 Å². The minimum atomic E-state index is 0.109. The summed E-state index contributed by atoms with van der Waals surface area (Å²) in [6.45, 7) is 7.01. The number of aromatic nitrogens is 2. The Labute approximate surface area is 96.6 Å². The summed E-state index contributed by atoms with van der Waals surface area (Å²) in [7, 11) is 1.67. The Bertz CT molecular complexity index is 369. The number of hydrogen-bond donors (Lipinski definition) is 0. The first kappa shape index (κ1) is 12.9. The van der Waals surface area contributed by atoms with Gasteiger partial charge >= 0.3 is 0 Å². The molecule has 0 unspecified atom stereocenters. The summed E-state index contributed by atoms with van der Waals surface area (Å²) in [5.41, 5.74) is 2.74. The van der Waals surface area contributed by atoms with Gasteiger partial charge in [0.25, 0.3) is 0 Å². The quantitative estimate of drug-likeness (QED) is 0.693. The number of hydrogen-bond acceptors (Lipinski definition) is 3. The van der Waals surface area contributed by atoms with Crippen LogP contribution >= 0.6 is 0 Å². The predicted octanol–water partition coefficient (Wildman–Crippen LogP) is 1.86. The van der Waals surface area contributed by atoms with Crippen molar-refractivity contribution in [2.24, 2.45) is 0 Å². The monoisotopic (exact) mass is 224 g/mol. The molecule has 0 radical (unpaired) electrons. The van der Waals surface area contributed by atoms with Gasteiger partial charge in [-0.05, 0) is 19.8 Å². The lowest BCUT2D eigenvalue weighted by atomic mass is 10.1. The largest absolute Gasteiger partial charge is 0.383 e. The van der Waals surface area contributed by atoms with Crippen molar-refractivity contribution in [1.29, 1.82) is 0 Å². The lowest BCUT2D eigenvalue weighted by Gasteiger charge is -2.05. The first-order chi connectivity index (χ1) is 7.65. The van der Waals surface area contributed by atoms with E-state index in [4.69, 9.17) is 4.74 Å². The number of aryl methyl sites for hydroxylation is 1. The topological polar surface area (TPSA) is 44.1 Å². The van der Waals surface area contributed by atoms with E-state index in [2.05, 4.69) is 5.10 Å². The van der Waals surface area contributed by atoms with E-state index in [0.717, 1.165) is 29.8 Å². The normalized spacial score (nSPS) is 10.8. The number of methoxy groups -OCH3 is 1. The van der Waals surface area contributed by atoms with Gasteiger partial charge in [0.2, 0.25) is 0 Å². The van der Waals surface area contributed by atoms with Crippen molar-refractivity contribution in [2.45, 2.75) is 40.2 Å². The van der Waals surface area contributed by atoms with E-state index < -0.39 is 0 Å². The van der Waals surface area contributed by atoms with Crippen molar-refractivity contribution in [3.63, 3.8) is 0 Å². The molecule has 0 N–H and O–H groups in total. The molecule has 1 aromatic heterocycles. The van der Waals surface area contributed by atoms with Crippen molar-refractivity contribution in [1.82, 2.24) is 9.78 Å². The van der Waals surface area contributed by atoms with Crippen LogP contribution in [0.15, 0.2) is 0 Å². The Balaban J connectivity index is 3.13. The Morgan fingerprint density at radius 2 is 2.06 bits per heavy atom. The number of ketones is 1. The highest BCUT2D eigenvalue weighted by Crippen LogP contribution is 2.16. The van der Waals surface area contributed by atoms with E-state index >= 15 is 0 Å². The van der Waals surface area contributed by atoms with Gasteiger partial charge in [0.05, 0.1) is 24.4 Å². The second-order valence-electron chi connectivity index (χ2n) is 3.75. The zero-order valence-corrected chi connectivity index (χ0v) is 10.5. The summed E-state index contributed by atoms with van der Waals surface area (Å²) in [4.78, 5) is 11.6. The molecule has 0 bridgehead atoms. The fraction of sp³-hybridized carbons (Fsp3) is 0.667. The van der Waals surface area contributed by atoms with Crippen LogP contribution in [0.25, 0.3) is 0 Å². The smallest absolute Gasteiger partial charge is 0.163 e. The maximum atomic E-state index is 11.6. The van der Waals surface area contributed by atoms with Gasteiger partial charge in [-0.3, -0.25) is 9.48 Å². The molecule has 0 aliphatic rings. The Kier molecular flexibility index (Phi) is 4.68. The lowest BCUT2D eigenvalue weighted by Crippen LogP contribution is -2.10. The highest BCUT2D eigenvalue weighted by Gasteiger charge is 2.18. The number of rotatable bonds is 6. The summed E-state index contributed by atoms with van der Waals surface area (Å²) >= 11 is 0. The van der Waals surface area contributed by atoms with Crippen molar-refractivity contribution in [3.8, 4) is 0 Å². The highest BCUT2D eigenvalue weighted by molar-refractivity contribution is 5.96. The third kappa shape index (κ3) is 2.50. The van der Waals surface area contributed by atoms with Gasteiger partial charge in [-0.2, -0.15) is 5.10 Å². The standard InChI is InChI=1S/C12H20N2O2/c1-5-10-12(9(3)15)11(6-2)14(13-10)7-8-16-4/h5-8H2,1-4H3. The predicted molar refractivity (Wildman–Crippen MR) is 62.9 cm³/mol. The van der Waals surface area contributed by atoms with Crippen molar-refractivity contribution in [3.05, 3.63) is 17.0 Å². The summed E-state index contributed by atoms with van der Waals surface area (Å²) in [6.07, 6.45) is 1.62. The summed E-state index contributed by atoms with van der Waals surface area (Å²) in [5, 5.41) is 4.47. The van der Waals surface area contributed by atoms with Crippen LogP contribution in [-0.4, -0.2) is 29.3 Å². The maximum Gasteiger partial charge on any atom is 0.163 e. The first-order valence-corrected chi connectivity index (χ1v) is 5.74. The first-order valence-electron chi connectivity index (χ1n) is 5.74. The number of carbonyl (C=O) groups is 1. The third-order valence-electron chi connectivity index (χ3n) is 2.66. The molecular weight excluding hydrogens is 204 g/mol. The minimum absolute atomic E-state index is 0.109. The molecule has 4 nitrogen and oxygen atoms in total. The van der Waals surface area contributed by atoms with Crippen LogP contribution < -0.4 is 0 Å². The zero-order valence-electron chi connectivity index (χ0n) is 10.5. The molecule has 0 spiro atoms. The molecule has 0 aromatic carbocycles. The molecular formula is C12H20N2O2. The van der Waals surface area contributed by atoms with Crippen LogP contribution in [-0.2, 0) is 24.1 Å². The van der Waals surface area contributed by atoms with E-state index in [1.807, 2.05) is 18.5 Å². The van der Waals surface area contributed by atoms with Gasteiger partial charge in [-0.25, -0.2) is 0 Å². The van der Waals surface area contributed by atoms with Crippen LogP contribution in [0.3, 0.4) is 0 Å². The van der Waals surface area contributed by atoms with E-state index in [9.17, 15) is 4.79 Å². The van der Waals surface area contributed by atoms with Gasteiger partial charge in [-0.1, -0.05) is 13.8 Å². The number of ether oxygens (including phenoxy) is 1. The number of nitrogens with zero attached hydrogens (tertiary/aromatic N) is 2. The van der Waals surface area contributed by atoms with Gasteiger partial charge in [0, 0.05) is 12.8 Å². The number of Topliss-reactive ketones (excluding diaryl/α,β-unsaturated/α-hetero) is 1. The molecule has 0 fully saturated rings. The maximum absolute atomic E-state index is 11.6. The second-order valence-corrected chi connectivity index (χ2v) is 3.75. The highest BCUT2D eigenvalue weighted by atomic mass is 16.5. The Morgan fingerprint density at radius 3 is 2.50 bits per heavy atom. The van der Waals surface area contributed by atoms with Crippen LogP contribution in [0, 0.1) is 0 Å². The number of carbonyl (C=O) groups excluding carboxylic acids is 1. The molecule has 0 saturated carbocycles. The average molecular weight is 224 g/mol. The van der Waals surface area contributed by atoms with Crippen molar-refractivity contribution in [2.75, 3.05) is 13.7 Å². The molecule has 4 heteroatoms. The van der Waals surface area contributed by atoms with E-state index in [0.29, 0.717) is 13.2 Å². The van der Waals surface area contributed by atoms with Crippen molar-refractivity contribution >= 4 is 5.78 Å². The molecule has 0 aliphatic heterocycles. The van der Waals surface area contributed by atoms with Crippen LogP contribution in [0.1, 0.15) is 42.5 Å². The molecule has 0 atom stereocenters. The summed E-state index contributed by atoms with van der Waals surface area (Å²) < 4.78 is 6.94. The molecule has 16 heavy (non-hydrogen) atoms. The van der Waals surface area contributed by atoms with E-state index in [1.165, 1.54) is 0 Å². The molecule has 1 rings (SSSR count). The molecule has 0 amide bonds. The van der Waals surface area contributed by atoms with E-state index in [-0.39, 0.29) is 5.78 Å². The molecule has 90 valence electrons. The van der Waals surface area contributed by atoms with Gasteiger partial charge in [0.1, 0.15) is 0 Å². The minimum Gasteiger partial charge on any atom is -0.383 e. The van der Waals surface area contributed by atoms with Gasteiger partial charge in [-0.15, -0.1) is 0 Å². The average Bonchev–Trinajstić information content (AvgIpc) is 2.63. The van der Waals surface area contributed by atoms with Crippen LogP contribution in [0.2, 0.25) is 0 Å². The Morgan fingerprint density at radius 1 is 1.38 bits per heavy atom. The third-order valence-corrected chi connectivity index (χ3v) is 2.66. The molecule has 0 saturated heterocycles. The zero-order chi connectivity index (χ0) is 12.1.